The third-order valence-electron chi connectivity index (χ3n) is 4.38. The van der Waals surface area contributed by atoms with E-state index in [0.29, 0.717) is 19.8 Å². The molecule has 1 aromatic heterocycles. The van der Waals surface area contributed by atoms with Crippen LogP contribution in [0.2, 0.25) is 0 Å². The molecule has 1 amide bonds. The van der Waals surface area contributed by atoms with Crippen molar-refractivity contribution in [1.82, 2.24) is 5.32 Å². The maximum atomic E-state index is 12.2. The number of ether oxygens (including phenoxy) is 2. The van der Waals surface area contributed by atoms with Gasteiger partial charge in [-0.3, -0.25) is 4.79 Å². The normalized spacial score (nSPS) is 11.2. The Kier molecular flexibility index (Phi) is 6.87. The second-order valence-electron chi connectivity index (χ2n) is 6.32. The van der Waals surface area contributed by atoms with Gasteiger partial charge in [-0.1, -0.05) is 37.3 Å². The second-order valence-corrected chi connectivity index (χ2v) is 6.32. The number of aryl methyl sites for hydroxylation is 1. The molecule has 0 spiro atoms. The highest BCUT2D eigenvalue weighted by Crippen LogP contribution is 2.27. The van der Waals surface area contributed by atoms with E-state index < -0.39 is 0 Å². The fourth-order valence-corrected chi connectivity index (χ4v) is 2.91. The fraction of sp³-hybridized carbons (Fsp3) is 0.261. The number of nitrogens with one attached hydrogen (secondary N) is 1. The van der Waals surface area contributed by atoms with Gasteiger partial charge in [0.2, 0.25) is 5.91 Å². The minimum Gasteiger partial charge on any atom is -0.491 e. The van der Waals surface area contributed by atoms with Gasteiger partial charge in [0.1, 0.15) is 23.7 Å². The summed E-state index contributed by atoms with van der Waals surface area (Å²) in [4.78, 5) is 12.2. The van der Waals surface area contributed by atoms with Gasteiger partial charge in [-0.25, -0.2) is 0 Å². The van der Waals surface area contributed by atoms with Crippen molar-refractivity contribution in [2.45, 2.75) is 19.9 Å². The van der Waals surface area contributed by atoms with Crippen LogP contribution in [0.15, 0.2) is 59.0 Å². The van der Waals surface area contributed by atoms with E-state index >= 15 is 0 Å². The van der Waals surface area contributed by atoms with Gasteiger partial charge in [0.05, 0.1) is 6.61 Å². The number of para-hydroxylation sites is 1. The molecule has 28 heavy (non-hydrogen) atoms. The number of benzene rings is 2. The number of carbonyl (C=O) groups is 1. The Morgan fingerprint density at radius 2 is 1.89 bits per heavy atom. The van der Waals surface area contributed by atoms with Crippen molar-refractivity contribution >= 4 is 23.0 Å². The van der Waals surface area contributed by atoms with E-state index in [0.717, 1.165) is 40.0 Å². The summed E-state index contributed by atoms with van der Waals surface area (Å²) in [5, 5.41) is 3.92. The molecule has 3 rings (SSSR count). The van der Waals surface area contributed by atoms with E-state index in [4.69, 9.17) is 13.9 Å². The first-order valence-corrected chi connectivity index (χ1v) is 9.38. The van der Waals surface area contributed by atoms with E-state index in [1.807, 2.05) is 61.5 Å². The lowest BCUT2D eigenvalue weighted by Gasteiger charge is -2.07. The number of hydrogen-bond donors (Lipinski definition) is 1. The molecule has 0 saturated heterocycles. The Labute approximate surface area is 164 Å². The van der Waals surface area contributed by atoms with Crippen LogP contribution in [0.5, 0.6) is 5.75 Å². The molecule has 0 saturated carbocycles. The molecule has 0 aliphatic carbocycles. The highest BCUT2D eigenvalue weighted by atomic mass is 16.5. The van der Waals surface area contributed by atoms with Crippen LogP contribution in [-0.4, -0.2) is 26.2 Å². The van der Waals surface area contributed by atoms with Gasteiger partial charge in [0, 0.05) is 37.1 Å². The zero-order valence-corrected chi connectivity index (χ0v) is 16.2. The second kappa shape index (κ2) is 9.76. The average Bonchev–Trinajstić information content (AvgIpc) is 3.09. The Morgan fingerprint density at radius 1 is 1.11 bits per heavy atom. The van der Waals surface area contributed by atoms with Crippen LogP contribution in [0.1, 0.15) is 23.8 Å². The van der Waals surface area contributed by atoms with Gasteiger partial charge in [0.25, 0.3) is 0 Å². The first-order valence-electron chi connectivity index (χ1n) is 9.38. The summed E-state index contributed by atoms with van der Waals surface area (Å²) in [6, 6.07) is 15.5. The first-order chi connectivity index (χ1) is 13.7. The van der Waals surface area contributed by atoms with Crippen LogP contribution in [0.4, 0.5) is 0 Å². The number of rotatable bonds is 9. The Balaban J connectivity index is 1.57. The largest absolute Gasteiger partial charge is 0.491 e. The van der Waals surface area contributed by atoms with Crippen LogP contribution < -0.4 is 10.1 Å². The Bertz CT molecular complexity index is 941. The number of fused-ring (bicyclic) bond motifs is 1. The van der Waals surface area contributed by atoms with E-state index in [1.54, 1.807) is 13.2 Å². The minimum absolute atomic E-state index is 0.146. The molecular weight excluding hydrogens is 354 g/mol. The molecule has 0 bridgehead atoms. The Hall–Kier alpha value is -3.05. The first kappa shape index (κ1) is 19.7. The molecule has 0 aliphatic heterocycles. The van der Waals surface area contributed by atoms with E-state index in [9.17, 15) is 4.79 Å². The molecular formula is C23H25NO4. The zero-order chi connectivity index (χ0) is 19.8. The molecule has 0 fully saturated rings. The monoisotopic (exact) mass is 379 g/mol. The lowest BCUT2D eigenvalue weighted by atomic mass is 10.1. The van der Waals surface area contributed by atoms with Gasteiger partial charge >= 0.3 is 0 Å². The summed E-state index contributed by atoms with van der Waals surface area (Å²) in [6.45, 7) is 3.56. The number of hydrogen-bond acceptors (Lipinski definition) is 4. The van der Waals surface area contributed by atoms with Crippen molar-refractivity contribution in [2.75, 3.05) is 20.3 Å². The van der Waals surface area contributed by atoms with Crippen LogP contribution in [0.3, 0.4) is 0 Å². The number of furan rings is 1. The molecule has 0 atom stereocenters. The summed E-state index contributed by atoms with van der Waals surface area (Å²) in [5.41, 5.74) is 2.81. The van der Waals surface area contributed by atoms with Gasteiger partial charge < -0.3 is 19.2 Å². The van der Waals surface area contributed by atoms with Crippen LogP contribution >= 0.6 is 0 Å². The number of carbonyl (C=O) groups excluding carboxylic acids is 1. The third kappa shape index (κ3) is 5.02. The van der Waals surface area contributed by atoms with Crippen molar-refractivity contribution in [3.05, 3.63) is 71.5 Å². The average molecular weight is 379 g/mol. The lowest BCUT2D eigenvalue weighted by Crippen LogP contribution is -2.20. The predicted molar refractivity (Wildman–Crippen MR) is 110 cm³/mol. The molecule has 3 aromatic rings. The number of methoxy groups -OCH3 is 1. The quantitative estimate of drug-likeness (QED) is 0.444. The van der Waals surface area contributed by atoms with Crippen LogP contribution in [0.25, 0.3) is 17.0 Å². The van der Waals surface area contributed by atoms with Crippen molar-refractivity contribution < 1.29 is 18.7 Å². The summed E-state index contributed by atoms with van der Waals surface area (Å²) >= 11 is 0. The minimum atomic E-state index is -0.146. The molecule has 5 nitrogen and oxygen atoms in total. The van der Waals surface area contributed by atoms with E-state index in [2.05, 4.69) is 5.32 Å². The third-order valence-corrected chi connectivity index (χ3v) is 4.38. The smallest absolute Gasteiger partial charge is 0.244 e. The van der Waals surface area contributed by atoms with Crippen molar-refractivity contribution in [3.8, 4) is 5.75 Å². The molecule has 1 N–H and O–H groups in total. The molecule has 1 heterocycles. The van der Waals surface area contributed by atoms with Gasteiger partial charge in [-0.2, -0.15) is 0 Å². The number of amides is 1. The standard InChI is InChI=1S/C23H25NO4/c1-3-21-20(19-6-4-5-7-22(19)28-21)12-13-23(25)24-16-17-8-10-18(11-9-17)27-15-14-26-2/h4-13H,3,14-16H2,1-2H3,(H,24,25)/b13-12+. The van der Waals surface area contributed by atoms with Gasteiger partial charge in [0.15, 0.2) is 0 Å². The topological polar surface area (TPSA) is 60.7 Å². The van der Waals surface area contributed by atoms with Gasteiger partial charge in [-0.15, -0.1) is 0 Å². The summed E-state index contributed by atoms with van der Waals surface area (Å²) in [7, 11) is 1.64. The fourth-order valence-electron chi connectivity index (χ4n) is 2.91. The van der Waals surface area contributed by atoms with Crippen molar-refractivity contribution in [3.63, 3.8) is 0 Å². The molecule has 0 aliphatic rings. The summed E-state index contributed by atoms with van der Waals surface area (Å²) in [6.07, 6.45) is 4.15. The van der Waals surface area contributed by atoms with Crippen LogP contribution in [-0.2, 0) is 22.5 Å². The van der Waals surface area contributed by atoms with Crippen molar-refractivity contribution in [2.24, 2.45) is 0 Å². The zero-order valence-electron chi connectivity index (χ0n) is 16.2. The van der Waals surface area contributed by atoms with E-state index in [-0.39, 0.29) is 5.91 Å². The molecule has 146 valence electrons. The van der Waals surface area contributed by atoms with Crippen molar-refractivity contribution in [1.29, 1.82) is 0 Å². The highest BCUT2D eigenvalue weighted by Gasteiger charge is 2.10. The summed E-state index contributed by atoms with van der Waals surface area (Å²) < 4.78 is 16.3. The molecule has 2 aromatic carbocycles. The lowest BCUT2D eigenvalue weighted by molar-refractivity contribution is -0.116. The van der Waals surface area contributed by atoms with E-state index in [1.165, 1.54) is 0 Å². The predicted octanol–water partition coefficient (Wildman–Crippen LogP) is 4.35. The molecule has 0 unspecified atom stereocenters. The maximum absolute atomic E-state index is 12.2. The highest BCUT2D eigenvalue weighted by molar-refractivity contribution is 5.96. The molecule has 5 heteroatoms. The maximum Gasteiger partial charge on any atom is 0.244 e. The molecule has 0 radical (unpaired) electrons. The summed E-state index contributed by atoms with van der Waals surface area (Å²) in [5.74, 6) is 1.52. The Morgan fingerprint density at radius 3 is 2.64 bits per heavy atom. The SMILES string of the molecule is CCc1oc2ccccc2c1/C=C/C(=O)NCc1ccc(OCCOC)cc1. The van der Waals surface area contributed by atoms with Gasteiger partial charge in [-0.05, 0) is 29.8 Å². The van der Waals surface area contributed by atoms with Crippen LogP contribution in [0, 0.1) is 0 Å².